The molecule has 0 aliphatic rings. The highest BCUT2D eigenvalue weighted by molar-refractivity contribution is 7.71. The van der Waals surface area contributed by atoms with Crippen LogP contribution in [0.5, 0.6) is 34.5 Å². The van der Waals surface area contributed by atoms with Crippen LogP contribution in [0.3, 0.4) is 0 Å². The van der Waals surface area contributed by atoms with E-state index >= 15 is 0 Å². The molecule has 0 bridgehead atoms. The van der Waals surface area contributed by atoms with E-state index in [1.54, 1.807) is 48.5 Å². The molecule has 0 N–H and O–H groups in total. The van der Waals surface area contributed by atoms with Crippen molar-refractivity contribution in [3.63, 3.8) is 0 Å². The van der Waals surface area contributed by atoms with Gasteiger partial charge in [0.15, 0.2) is 5.75 Å². The maximum absolute atomic E-state index is 13.0. The summed E-state index contributed by atoms with van der Waals surface area (Å²) in [6, 6.07) is 30.4. The average molecular weight is 455 g/mol. The number of carbonyl (C=O) groups is 1. The summed E-state index contributed by atoms with van der Waals surface area (Å²) < 4.78 is 31.4. The Kier molecular flexibility index (Phi) is 6.93. The molecule has 5 nitrogen and oxygen atoms in total. The predicted molar refractivity (Wildman–Crippen MR) is 128 cm³/mol. The number of benzene rings is 4. The first-order chi connectivity index (χ1) is 16.2. The summed E-state index contributed by atoms with van der Waals surface area (Å²) in [4.78, 5) is 12.2. The van der Waals surface area contributed by atoms with Gasteiger partial charge >= 0.3 is 13.3 Å². The van der Waals surface area contributed by atoms with Gasteiger partial charge in [0.25, 0.3) is 0 Å². The fraction of sp³-hybridized carbons (Fsp3) is 0. The second kappa shape index (κ2) is 10.4. The third-order valence-electron chi connectivity index (χ3n) is 4.55. The van der Waals surface area contributed by atoms with Gasteiger partial charge < -0.3 is 14.2 Å². The fourth-order valence-corrected chi connectivity index (χ4v) is 3.94. The number of hydrogen-bond acceptors (Lipinski definition) is 5. The molecule has 0 aliphatic carbocycles. The molecular formula is C27H20O5P+. The van der Waals surface area contributed by atoms with E-state index < -0.39 is 13.3 Å². The second-order valence-electron chi connectivity index (χ2n) is 6.82. The third-order valence-corrected chi connectivity index (χ3v) is 5.92. The summed E-state index contributed by atoms with van der Waals surface area (Å²) in [6.45, 7) is 3.45. The van der Waals surface area contributed by atoms with Crippen LogP contribution in [0.25, 0.3) is 0 Å². The molecule has 0 aliphatic heterocycles. The van der Waals surface area contributed by atoms with Crippen molar-refractivity contribution in [2.75, 3.05) is 0 Å². The fourth-order valence-electron chi connectivity index (χ4n) is 3.00. The van der Waals surface area contributed by atoms with E-state index in [4.69, 9.17) is 14.2 Å². The molecule has 0 aromatic heterocycles. The molecule has 0 heterocycles. The summed E-state index contributed by atoms with van der Waals surface area (Å²) in [5.41, 5.74) is -0.606. The van der Waals surface area contributed by atoms with Crippen molar-refractivity contribution in [1.82, 2.24) is 0 Å². The molecule has 6 heteroatoms. The van der Waals surface area contributed by atoms with Crippen molar-refractivity contribution < 1.29 is 23.6 Å². The molecule has 0 saturated heterocycles. The Balaban J connectivity index is 1.89. The minimum absolute atomic E-state index is 0.134. The van der Waals surface area contributed by atoms with Crippen molar-refractivity contribution in [3.05, 3.63) is 116 Å². The summed E-state index contributed by atoms with van der Waals surface area (Å²) in [5, 5.41) is 0.185. The normalized spacial score (nSPS) is 10.7. The molecule has 0 radical (unpaired) electrons. The van der Waals surface area contributed by atoms with Crippen LogP contribution in [0, 0.1) is 0 Å². The summed E-state index contributed by atoms with van der Waals surface area (Å²) >= 11 is 0. The van der Waals surface area contributed by atoms with Gasteiger partial charge in [-0.1, -0.05) is 65.7 Å². The van der Waals surface area contributed by atoms with Gasteiger partial charge in [-0.15, -0.1) is 0 Å². The van der Waals surface area contributed by atoms with Crippen LogP contribution in [-0.4, -0.2) is 5.52 Å². The summed E-state index contributed by atoms with van der Waals surface area (Å²) in [6.07, 6.45) is 1.04. The zero-order chi connectivity index (χ0) is 23.0. The minimum Gasteiger partial charge on any atom is -0.453 e. The van der Waals surface area contributed by atoms with Gasteiger partial charge in [-0.3, -0.25) is 0 Å². The van der Waals surface area contributed by atoms with Crippen LogP contribution in [0.4, 0.5) is 0 Å². The first-order valence-electron chi connectivity index (χ1n) is 10.1. The largest absolute Gasteiger partial charge is 0.462 e. The van der Waals surface area contributed by atoms with Gasteiger partial charge in [0, 0.05) is 12.1 Å². The maximum atomic E-state index is 13.0. The van der Waals surface area contributed by atoms with Crippen LogP contribution in [0.15, 0.2) is 116 Å². The van der Waals surface area contributed by atoms with Crippen LogP contribution >= 0.6 is 7.80 Å². The zero-order valence-electron chi connectivity index (χ0n) is 17.6. The molecule has 4 aromatic rings. The Labute approximate surface area is 192 Å². The Morgan fingerprint density at radius 3 is 1.58 bits per heavy atom. The average Bonchev–Trinajstić information content (AvgIpc) is 2.87. The molecule has 1 unspecified atom stereocenters. The lowest BCUT2D eigenvalue weighted by Crippen LogP contribution is -2.08. The summed E-state index contributed by atoms with van der Waals surface area (Å²) in [7, 11) is -2.48. The molecule has 0 spiro atoms. The van der Waals surface area contributed by atoms with E-state index in [1.165, 1.54) is 0 Å². The Hall–Kier alpha value is -4.21. The number of allylic oxidation sites excluding steroid dienone is 1. The lowest BCUT2D eigenvalue weighted by Gasteiger charge is -2.16. The number of hydrogen-bond donors (Lipinski definition) is 0. The molecule has 162 valence electrons. The lowest BCUT2D eigenvalue weighted by atomic mass is 10.2. The van der Waals surface area contributed by atoms with Crippen molar-refractivity contribution in [2.24, 2.45) is 0 Å². The molecule has 0 fully saturated rings. The zero-order valence-corrected chi connectivity index (χ0v) is 18.5. The Bertz CT molecular complexity index is 1270. The molecule has 0 amide bonds. The summed E-state index contributed by atoms with van der Waals surface area (Å²) in [5.74, 6) is 2.27. The quantitative estimate of drug-likeness (QED) is 0.197. The second-order valence-corrected chi connectivity index (χ2v) is 8.33. The standard InChI is InChI=1S/C27H20O5P/c1-2-25(28)33(29)24-19-18-23(30-20-12-6-3-7-13-20)26(31-21-14-8-4-9-15-21)27(24)32-22-16-10-5-11-17-22/h2-19H,1H2/q+1. The van der Waals surface area contributed by atoms with Crippen molar-refractivity contribution in [2.45, 2.75) is 0 Å². The van der Waals surface area contributed by atoms with Crippen LogP contribution in [-0.2, 0) is 9.36 Å². The smallest absolute Gasteiger partial charge is 0.453 e. The number of carbonyl (C=O) groups excluding carboxylic acids is 1. The van der Waals surface area contributed by atoms with E-state index in [2.05, 4.69) is 6.58 Å². The molecule has 0 saturated carbocycles. The Morgan fingerprint density at radius 1 is 0.636 bits per heavy atom. The number of rotatable bonds is 9. The van der Waals surface area contributed by atoms with Gasteiger partial charge in [-0.2, -0.15) is 0 Å². The molecule has 1 atom stereocenters. The van der Waals surface area contributed by atoms with Crippen LogP contribution in [0.1, 0.15) is 0 Å². The van der Waals surface area contributed by atoms with Crippen molar-refractivity contribution in [1.29, 1.82) is 0 Å². The van der Waals surface area contributed by atoms with E-state index in [1.807, 2.05) is 54.6 Å². The van der Waals surface area contributed by atoms with Gasteiger partial charge in [0.2, 0.25) is 16.8 Å². The highest BCUT2D eigenvalue weighted by atomic mass is 31.1. The highest BCUT2D eigenvalue weighted by Crippen LogP contribution is 2.46. The van der Waals surface area contributed by atoms with Gasteiger partial charge in [-0.25, -0.2) is 4.79 Å². The van der Waals surface area contributed by atoms with Crippen LogP contribution < -0.4 is 19.5 Å². The monoisotopic (exact) mass is 455 g/mol. The molecule has 4 rings (SSSR count). The first-order valence-corrected chi connectivity index (χ1v) is 11.4. The minimum atomic E-state index is -2.48. The highest BCUT2D eigenvalue weighted by Gasteiger charge is 2.36. The lowest BCUT2D eigenvalue weighted by molar-refractivity contribution is -0.107. The van der Waals surface area contributed by atoms with Gasteiger partial charge in [0.1, 0.15) is 17.2 Å². The van der Waals surface area contributed by atoms with Gasteiger partial charge in [0.05, 0.1) is 0 Å². The molecule has 4 aromatic carbocycles. The van der Waals surface area contributed by atoms with Gasteiger partial charge in [-0.05, 0) is 42.5 Å². The molecular weight excluding hydrogens is 435 g/mol. The third kappa shape index (κ3) is 5.35. The number of para-hydroxylation sites is 3. The van der Waals surface area contributed by atoms with E-state index in [-0.39, 0.29) is 16.8 Å². The topological polar surface area (TPSA) is 61.8 Å². The SMILES string of the molecule is C=CC(=O)[P+](=O)c1ccc(Oc2ccccc2)c(Oc2ccccc2)c1Oc1ccccc1. The first kappa shape index (κ1) is 22.0. The van der Waals surface area contributed by atoms with Crippen molar-refractivity contribution in [3.8, 4) is 34.5 Å². The maximum Gasteiger partial charge on any atom is 0.462 e. The number of ether oxygens (including phenoxy) is 3. The van der Waals surface area contributed by atoms with Crippen molar-refractivity contribution >= 4 is 18.6 Å². The van der Waals surface area contributed by atoms with Crippen LogP contribution in [0.2, 0.25) is 0 Å². The predicted octanol–water partition coefficient (Wildman–Crippen LogP) is 7.23. The Morgan fingerprint density at radius 2 is 1.09 bits per heavy atom. The van der Waals surface area contributed by atoms with E-state index in [0.717, 1.165) is 6.08 Å². The van der Waals surface area contributed by atoms with E-state index in [9.17, 15) is 9.36 Å². The van der Waals surface area contributed by atoms with E-state index in [0.29, 0.717) is 23.0 Å². The molecule has 33 heavy (non-hydrogen) atoms.